The van der Waals surface area contributed by atoms with Crippen molar-refractivity contribution in [3.05, 3.63) is 29.3 Å². The summed E-state index contributed by atoms with van der Waals surface area (Å²) < 4.78 is 0. The van der Waals surface area contributed by atoms with Gasteiger partial charge in [0.25, 0.3) is 0 Å². The Morgan fingerprint density at radius 1 is 1.29 bits per heavy atom. The zero-order valence-corrected chi connectivity index (χ0v) is 10.2. The molecular formula is C11H15ClN4O. The fourth-order valence-electron chi connectivity index (χ4n) is 1.69. The Hall–Kier alpha value is -1.30. The molecule has 1 aromatic carbocycles. The molecular weight excluding hydrogens is 240 g/mol. The maximum atomic E-state index is 11.9. The zero-order valence-electron chi connectivity index (χ0n) is 9.40. The highest BCUT2D eigenvalue weighted by atomic mass is 35.5. The number of nitrogens with one attached hydrogen (secondary N) is 1. The monoisotopic (exact) mass is 254 g/mol. The molecule has 0 unspecified atom stereocenters. The van der Waals surface area contributed by atoms with Gasteiger partial charge in [0.1, 0.15) is 0 Å². The first-order valence-corrected chi connectivity index (χ1v) is 5.84. The van der Waals surface area contributed by atoms with Gasteiger partial charge >= 0.3 is 6.03 Å². The third-order valence-electron chi connectivity index (χ3n) is 2.68. The molecule has 0 atom stereocenters. The first kappa shape index (κ1) is 12.2. The predicted octanol–water partition coefficient (Wildman–Crippen LogP) is 1.36. The molecule has 17 heavy (non-hydrogen) atoms. The maximum absolute atomic E-state index is 11.9. The SMILES string of the molecule is NN1CCN(C(=O)Nc2cccc(Cl)c2)CC1. The van der Waals surface area contributed by atoms with Gasteiger partial charge in [-0.25, -0.2) is 9.80 Å². The lowest BCUT2D eigenvalue weighted by Crippen LogP contribution is -2.52. The number of hydrazine groups is 1. The summed E-state index contributed by atoms with van der Waals surface area (Å²) in [6.07, 6.45) is 0. The summed E-state index contributed by atoms with van der Waals surface area (Å²) in [5.74, 6) is 5.63. The van der Waals surface area contributed by atoms with Crippen molar-refractivity contribution < 1.29 is 4.79 Å². The van der Waals surface area contributed by atoms with Crippen LogP contribution < -0.4 is 11.2 Å². The fourth-order valence-corrected chi connectivity index (χ4v) is 1.88. The van der Waals surface area contributed by atoms with Crippen molar-refractivity contribution in [1.82, 2.24) is 9.91 Å². The minimum absolute atomic E-state index is 0.111. The van der Waals surface area contributed by atoms with E-state index in [2.05, 4.69) is 5.32 Å². The third-order valence-corrected chi connectivity index (χ3v) is 2.91. The lowest BCUT2D eigenvalue weighted by atomic mass is 10.3. The molecule has 0 bridgehead atoms. The lowest BCUT2D eigenvalue weighted by molar-refractivity contribution is 0.149. The molecule has 0 aliphatic carbocycles. The molecule has 2 amide bonds. The molecule has 1 aliphatic heterocycles. The number of halogens is 1. The number of nitrogens with zero attached hydrogens (tertiary/aromatic N) is 2. The molecule has 0 aromatic heterocycles. The van der Waals surface area contributed by atoms with E-state index in [-0.39, 0.29) is 6.03 Å². The number of benzene rings is 1. The Morgan fingerprint density at radius 2 is 2.00 bits per heavy atom. The molecule has 0 spiro atoms. The number of hydrogen-bond donors (Lipinski definition) is 2. The molecule has 0 radical (unpaired) electrons. The van der Waals surface area contributed by atoms with Gasteiger partial charge in [-0.15, -0.1) is 0 Å². The van der Waals surface area contributed by atoms with Crippen LogP contribution in [0.5, 0.6) is 0 Å². The molecule has 1 heterocycles. The summed E-state index contributed by atoms with van der Waals surface area (Å²) in [5.41, 5.74) is 0.706. The van der Waals surface area contributed by atoms with Crippen LogP contribution in [-0.4, -0.2) is 42.1 Å². The van der Waals surface area contributed by atoms with Crippen molar-refractivity contribution in [2.75, 3.05) is 31.5 Å². The second-order valence-corrected chi connectivity index (χ2v) is 4.40. The molecule has 3 N–H and O–H groups in total. The molecule has 1 fully saturated rings. The van der Waals surface area contributed by atoms with E-state index in [1.165, 1.54) is 0 Å². The van der Waals surface area contributed by atoms with Crippen LogP contribution >= 0.6 is 11.6 Å². The Morgan fingerprint density at radius 3 is 2.65 bits per heavy atom. The minimum Gasteiger partial charge on any atom is -0.322 e. The quantitative estimate of drug-likeness (QED) is 0.744. The van der Waals surface area contributed by atoms with Crippen LogP contribution in [0.2, 0.25) is 5.02 Å². The molecule has 1 saturated heterocycles. The average Bonchev–Trinajstić information content (AvgIpc) is 2.29. The summed E-state index contributed by atoms with van der Waals surface area (Å²) in [4.78, 5) is 13.6. The summed E-state index contributed by atoms with van der Waals surface area (Å²) in [6, 6.07) is 6.99. The Labute approximate surface area is 105 Å². The topological polar surface area (TPSA) is 61.6 Å². The number of rotatable bonds is 1. The predicted molar refractivity (Wildman–Crippen MR) is 67.8 cm³/mol. The van der Waals surface area contributed by atoms with Gasteiger partial charge in [0.05, 0.1) is 0 Å². The van der Waals surface area contributed by atoms with E-state index in [4.69, 9.17) is 17.4 Å². The van der Waals surface area contributed by atoms with E-state index in [9.17, 15) is 4.79 Å². The first-order valence-electron chi connectivity index (χ1n) is 5.46. The molecule has 6 heteroatoms. The van der Waals surface area contributed by atoms with Crippen molar-refractivity contribution in [2.45, 2.75) is 0 Å². The largest absolute Gasteiger partial charge is 0.322 e. The highest BCUT2D eigenvalue weighted by Crippen LogP contribution is 2.15. The number of carbonyl (C=O) groups is 1. The number of piperazine rings is 1. The van der Waals surface area contributed by atoms with Gasteiger partial charge in [-0.1, -0.05) is 17.7 Å². The smallest absolute Gasteiger partial charge is 0.321 e. The van der Waals surface area contributed by atoms with Crippen LogP contribution in [-0.2, 0) is 0 Å². The van der Waals surface area contributed by atoms with Crippen LogP contribution in [0.3, 0.4) is 0 Å². The van der Waals surface area contributed by atoms with E-state index in [1.807, 2.05) is 6.07 Å². The van der Waals surface area contributed by atoms with Crippen molar-refractivity contribution in [1.29, 1.82) is 0 Å². The molecule has 1 aliphatic rings. The van der Waals surface area contributed by atoms with Gasteiger partial charge in [0.2, 0.25) is 0 Å². The molecule has 5 nitrogen and oxygen atoms in total. The van der Waals surface area contributed by atoms with Crippen LogP contribution in [0, 0.1) is 0 Å². The summed E-state index contributed by atoms with van der Waals surface area (Å²) in [6.45, 7) is 2.68. The van der Waals surface area contributed by atoms with E-state index >= 15 is 0 Å². The number of hydrogen-bond acceptors (Lipinski definition) is 3. The van der Waals surface area contributed by atoms with Gasteiger partial charge in [-0.3, -0.25) is 5.84 Å². The average molecular weight is 255 g/mol. The van der Waals surface area contributed by atoms with Crippen molar-refractivity contribution in [3.8, 4) is 0 Å². The van der Waals surface area contributed by atoms with Crippen molar-refractivity contribution in [3.63, 3.8) is 0 Å². The normalized spacial score (nSPS) is 16.9. The summed E-state index contributed by atoms with van der Waals surface area (Å²) in [5, 5.41) is 5.13. The highest BCUT2D eigenvalue weighted by Gasteiger charge is 2.19. The van der Waals surface area contributed by atoms with Gasteiger partial charge in [-0.2, -0.15) is 0 Å². The number of urea groups is 1. The summed E-state index contributed by atoms with van der Waals surface area (Å²) >= 11 is 5.85. The molecule has 92 valence electrons. The van der Waals surface area contributed by atoms with Gasteiger partial charge in [-0.05, 0) is 18.2 Å². The third kappa shape index (κ3) is 3.33. The van der Waals surface area contributed by atoms with Crippen LogP contribution in [0.25, 0.3) is 0 Å². The fraction of sp³-hybridized carbons (Fsp3) is 0.364. The summed E-state index contributed by atoms with van der Waals surface area (Å²) in [7, 11) is 0. The Bertz CT molecular complexity index is 404. The number of nitrogens with two attached hydrogens (primary N) is 1. The second kappa shape index (κ2) is 5.35. The standard InChI is InChI=1S/C11H15ClN4O/c12-9-2-1-3-10(8-9)14-11(17)15-4-6-16(13)7-5-15/h1-3,8H,4-7,13H2,(H,14,17). The van der Waals surface area contributed by atoms with Crippen molar-refractivity contribution in [2.24, 2.45) is 5.84 Å². The van der Waals surface area contributed by atoms with Gasteiger partial charge in [0, 0.05) is 36.9 Å². The number of anilines is 1. The van der Waals surface area contributed by atoms with Crippen LogP contribution in [0.1, 0.15) is 0 Å². The van der Waals surface area contributed by atoms with Crippen molar-refractivity contribution >= 4 is 23.3 Å². The molecule has 2 rings (SSSR count). The molecule has 1 aromatic rings. The second-order valence-electron chi connectivity index (χ2n) is 3.96. The van der Waals surface area contributed by atoms with E-state index in [0.717, 1.165) is 0 Å². The Kier molecular flexibility index (Phi) is 3.83. The van der Waals surface area contributed by atoms with Crippen LogP contribution in [0.15, 0.2) is 24.3 Å². The lowest BCUT2D eigenvalue weighted by Gasteiger charge is -2.31. The minimum atomic E-state index is -0.111. The first-order chi connectivity index (χ1) is 8.15. The number of amides is 2. The Balaban J connectivity index is 1.93. The van der Waals surface area contributed by atoms with E-state index < -0.39 is 0 Å². The van der Waals surface area contributed by atoms with E-state index in [0.29, 0.717) is 36.9 Å². The van der Waals surface area contributed by atoms with Gasteiger partial charge in [0.15, 0.2) is 0 Å². The molecule has 0 saturated carbocycles. The maximum Gasteiger partial charge on any atom is 0.321 e. The zero-order chi connectivity index (χ0) is 12.3. The van der Waals surface area contributed by atoms with E-state index in [1.54, 1.807) is 28.1 Å². The van der Waals surface area contributed by atoms with Crippen LogP contribution in [0.4, 0.5) is 10.5 Å². The highest BCUT2D eigenvalue weighted by molar-refractivity contribution is 6.30. The number of carbonyl (C=O) groups excluding carboxylic acids is 1. The van der Waals surface area contributed by atoms with Gasteiger partial charge < -0.3 is 10.2 Å².